The smallest absolute Gasteiger partial charge is 0.0398 e. The summed E-state index contributed by atoms with van der Waals surface area (Å²) in [5.74, 6) is 0.781. The average molecular weight is 274 g/mol. The summed E-state index contributed by atoms with van der Waals surface area (Å²) in [4.78, 5) is 2.58. The van der Waals surface area contributed by atoms with Crippen LogP contribution in [0.1, 0.15) is 46.1 Å². The molecule has 1 aliphatic heterocycles. The molecule has 1 heterocycles. The quantitative estimate of drug-likeness (QED) is 0.877. The van der Waals surface area contributed by atoms with Crippen molar-refractivity contribution in [3.05, 3.63) is 29.8 Å². The molecule has 1 atom stereocenters. The van der Waals surface area contributed by atoms with Crippen molar-refractivity contribution in [3.8, 4) is 0 Å². The number of benzene rings is 1. The fourth-order valence-electron chi connectivity index (χ4n) is 2.97. The number of rotatable bonds is 5. The highest BCUT2D eigenvalue weighted by Crippen LogP contribution is 2.27. The van der Waals surface area contributed by atoms with Gasteiger partial charge in [-0.2, -0.15) is 0 Å². The van der Waals surface area contributed by atoms with Crippen molar-refractivity contribution in [3.63, 3.8) is 0 Å². The summed E-state index contributed by atoms with van der Waals surface area (Å²) < 4.78 is 0. The molecule has 1 fully saturated rings. The van der Waals surface area contributed by atoms with Gasteiger partial charge >= 0.3 is 0 Å². The van der Waals surface area contributed by atoms with Gasteiger partial charge in [-0.15, -0.1) is 0 Å². The monoisotopic (exact) mass is 274 g/mol. The van der Waals surface area contributed by atoms with Crippen LogP contribution in [-0.2, 0) is 6.42 Å². The van der Waals surface area contributed by atoms with E-state index in [-0.39, 0.29) is 5.54 Å². The lowest BCUT2D eigenvalue weighted by molar-refractivity contribution is 0.383. The van der Waals surface area contributed by atoms with E-state index in [4.69, 9.17) is 0 Å². The molecular formula is C18H30N2. The largest absolute Gasteiger partial charge is 0.371 e. The molecule has 20 heavy (non-hydrogen) atoms. The Balaban J connectivity index is 1.95. The molecular weight excluding hydrogens is 244 g/mol. The molecule has 0 saturated carbocycles. The van der Waals surface area contributed by atoms with Gasteiger partial charge in [-0.3, -0.25) is 0 Å². The van der Waals surface area contributed by atoms with E-state index in [0.717, 1.165) is 12.5 Å². The van der Waals surface area contributed by atoms with Gasteiger partial charge in [0.25, 0.3) is 0 Å². The number of nitrogens with zero attached hydrogens (tertiary/aromatic N) is 1. The zero-order chi connectivity index (χ0) is 14.6. The van der Waals surface area contributed by atoms with Crippen molar-refractivity contribution in [2.75, 3.05) is 24.5 Å². The van der Waals surface area contributed by atoms with Crippen molar-refractivity contribution >= 4 is 5.69 Å². The van der Waals surface area contributed by atoms with Crippen LogP contribution in [0.2, 0.25) is 0 Å². The van der Waals surface area contributed by atoms with Gasteiger partial charge < -0.3 is 10.2 Å². The third-order valence-corrected chi connectivity index (χ3v) is 4.06. The van der Waals surface area contributed by atoms with E-state index in [9.17, 15) is 0 Å². The van der Waals surface area contributed by atoms with E-state index in [1.54, 1.807) is 0 Å². The number of anilines is 1. The molecule has 112 valence electrons. The second-order valence-corrected chi connectivity index (χ2v) is 7.11. The molecule has 0 amide bonds. The van der Waals surface area contributed by atoms with Gasteiger partial charge in [0.05, 0.1) is 0 Å². The Kier molecular flexibility index (Phi) is 5.09. The predicted octanol–water partition coefficient (Wildman–Crippen LogP) is 3.85. The topological polar surface area (TPSA) is 15.3 Å². The molecule has 0 aromatic heterocycles. The summed E-state index contributed by atoms with van der Waals surface area (Å²) in [6.45, 7) is 12.5. The Hall–Kier alpha value is -1.02. The molecule has 1 unspecified atom stereocenters. The summed E-state index contributed by atoms with van der Waals surface area (Å²) in [5, 5.41) is 3.65. The molecule has 0 spiro atoms. The number of para-hydroxylation sites is 1. The van der Waals surface area contributed by atoms with Crippen LogP contribution in [0.15, 0.2) is 24.3 Å². The van der Waals surface area contributed by atoms with Crippen molar-refractivity contribution < 1.29 is 0 Å². The normalized spacial score (nSPS) is 19.6. The SMILES string of the molecule is CCCc1ccccc1N1CCC(CNC(C)(C)C)C1. The van der Waals surface area contributed by atoms with Crippen molar-refractivity contribution in [2.45, 2.75) is 52.5 Å². The highest BCUT2D eigenvalue weighted by molar-refractivity contribution is 5.54. The molecule has 2 heteroatoms. The maximum Gasteiger partial charge on any atom is 0.0398 e. The first-order chi connectivity index (χ1) is 9.49. The van der Waals surface area contributed by atoms with Crippen LogP contribution in [0, 0.1) is 5.92 Å². The van der Waals surface area contributed by atoms with E-state index in [2.05, 4.69) is 62.2 Å². The van der Waals surface area contributed by atoms with Crippen LogP contribution < -0.4 is 10.2 Å². The lowest BCUT2D eigenvalue weighted by Crippen LogP contribution is -2.39. The van der Waals surface area contributed by atoms with Crippen LogP contribution in [0.4, 0.5) is 5.69 Å². The number of aryl methyl sites for hydroxylation is 1. The Morgan fingerprint density at radius 2 is 2.00 bits per heavy atom. The van der Waals surface area contributed by atoms with Gasteiger partial charge in [0.15, 0.2) is 0 Å². The fourth-order valence-corrected chi connectivity index (χ4v) is 2.97. The highest BCUT2D eigenvalue weighted by atomic mass is 15.2. The van der Waals surface area contributed by atoms with E-state index in [1.165, 1.54) is 43.6 Å². The molecule has 0 bridgehead atoms. The summed E-state index contributed by atoms with van der Waals surface area (Å²) in [6, 6.07) is 8.93. The lowest BCUT2D eigenvalue weighted by atomic mass is 10.0. The summed E-state index contributed by atoms with van der Waals surface area (Å²) in [6.07, 6.45) is 3.72. The zero-order valence-corrected chi connectivity index (χ0v) is 13.6. The Bertz CT molecular complexity index is 420. The maximum atomic E-state index is 3.65. The van der Waals surface area contributed by atoms with Crippen LogP contribution in [0.25, 0.3) is 0 Å². The Morgan fingerprint density at radius 3 is 2.70 bits per heavy atom. The first-order valence-corrected chi connectivity index (χ1v) is 8.07. The van der Waals surface area contributed by atoms with E-state index >= 15 is 0 Å². The minimum atomic E-state index is 0.230. The van der Waals surface area contributed by atoms with Gasteiger partial charge in [0, 0.05) is 30.9 Å². The van der Waals surface area contributed by atoms with Crippen molar-refractivity contribution in [2.24, 2.45) is 5.92 Å². The number of hydrogen-bond donors (Lipinski definition) is 1. The molecule has 1 saturated heterocycles. The first-order valence-electron chi connectivity index (χ1n) is 8.07. The van der Waals surface area contributed by atoms with Crippen LogP contribution in [0.3, 0.4) is 0 Å². The number of nitrogens with one attached hydrogen (secondary N) is 1. The summed E-state index contributed by atoms with van der Waals surface area (Å²) in [5.41, 5.74) is 3.21. The molecule has 0 aliphatic carbocycles. The lowest BCUT2D eigenvalue weighted by Gasteiger charge is -2.25. The zero-order valence-electron chi connectivity index (χ0n) is 13.6. The van der Waals surface area contributed by atoms with Gasteiger partial charge in [0.1, 0.15) is 0 Å². The molecule has 1 aliphatic rings. The standard InChI is InChI=1S/C18H30N2/c1-5-8-16-9-6-7-10-17(16)20-12-11-15(14-20)13-19-18(2,3)4/h6-7,9-10,15,19H,5,8,11-14H2,1-4H3. The Morgan fingerprint density at radius 1 is 1.25 bits per heavy atom. The second-order valence-electron chi connectivity index (χ2n) is 7.11. The van der Waals surface area contributed by atoms with Gasteiger partial charge in [-0.05, 0) is 51.2 Å². The third kappa shape index (κ3) is 4.24. The van der Waals surface area contributed by atoms with Gasteiger partial charge in [0.2, 0.25) is 0 Å². The fraction of sp³-hybridized carbons (Fsp3) is 0.667. The third-order valence-electron chi connectivity index (χ3n) is 4.06. The highest BCUT2D eigenvalue weighted by Gasteiger charge is 2.24. The molecule has 1 aromatic carbocycles. The minimum absolute atomic E-state index is 0.230. The molecule has 1 N–H and O–H groups in total. The van der Waals surface area contributed by atoms with Crippen LogP contribution in [-0.4, -0.2) is 25.2 Å². The molecule has 2 nitrogen and oxygen atoms in total. The van der Waals surface area contributed by atoms with Gasteiger partial charge in [-0.25, -0.2) is 0 Å². The van der Waals surface area contributed by atoms with Crippen molar-refractivity contribution in [1.29, 1.82) is 0 Å². The Labute approximate surface area is 124 Å². The van der Waals surface area contributed by atoms with Crippen molar-refractivity contribution in [1.82, 2.24) is 5.32 Å². The summed E-state index contributed by atoms with van der Waals surface area (Å²) >= 11 is 0. The van der Waals surface area contributed by atoms with E-state index < -0.39 is 0 Å². The number of hydrogen-bond acceptors (Lipinski definition) is 2. The van der Waals surface area contributed by atoms with E-state index in [0.29, 0.717) is 0 Å². The predicted molar refractivity (Wildman–Crippen MR) is 88.5 cm³/mol. The van der Waals surface area contributed by atoms with Gasteiger partial charge in [-0.1, -0.05) is 31.5 Å². The van der Waals surface area contributed by atoms with E-state index in [1.807, 2.05) is 0 Å². The molecule has 2 rings (SSSR count). The molecule has 1 aromatic rings. The maximum absolute atomic E-state index is 3.65. The average Bonchev–Trinajstić information content (AvgIpc) is 2.85. The summed E-state index contributed by atoms with van der Waals surface area (Å²) in [7, 11) is 0. The first kappa shape index (κ1) is 15.4. The second kappa shape index (κ2) is 6.62. The minimum Gasteiger partial charge on any atom is -0.371 e. The van der Waals surface area contributed by atoms with Crippen LogP contribution in [0.5, 0.6) is 0 Å². The molecule has 0 radical (unpaired) electrons. The van der Waals surface area contributed by atoms with Crippen LogP contribution >= 0.6 is 0 Å².